The first kappa shape index (κ1) is 34.0. The van der Waals surface area contributed by atoms with Gasteiger partial charge in [0, 0.05) is 25.7 Å². The summed E-state index contributed by atoms with van der Waals surface area (Å²) >= 11 is 6.18. The zero-order valence-corrected chi connectivity index (χ0v) is 28.6. The molecule has 0 saturated heterocycles. The summed E-state index contributed by atoms with van der Waals surface area (Å²) < 4.78 is 74.5. The number of hydrogen-bond acceptors (Lipinski definition) is 9. The minimum atomic E-state index is -4.08. The van der Waals surface area contributed by atoms with Crippen LogP contribution in [0, 0.1) is 6.92 Å². The second-order valence-corrected chi connectivity index (χ2v) is 14.4. The average molecular weight is 704 g/mol. The van der Waals surface area contributed by atoms with Gasteiger partial charge in [-0.1, -0.05) is 35.9 Å². The van der Waals surface area contributed by atoms with E-state index in [0.717, 1.165) is 36.0 Å². The lowest BCUT2D eigenvalue weighted by Gasteiger charge is -2.26. The number of sulfonamides is 1. The number of nitrogens with zero attached hydrogens (tertiary/aromatic N) is 5. The number of ether oxygens (including phenoxy) is 3. The van der Waals surface area contributed by atoms with Crippen LogP contribution in [0.15, 0.2) is 35.4 Å². The molecule has 2 aliphatic rings. The Morgan fingerprint density at radius 3 is 2.71 bits per heavy atom. The Hall–Kier alpha value is -3.88. The van der Waals surface area contributed by atoms with E-state index in [9.17, 15) is 22.0 Å². The third-order valence-corrected chi connectivity index (χ3v) is 11.0. The molecule has 2 aromatic heterocycles. The Kier molecular flexibility index (Phi) is 9.60. The van der Waals surface area contributed by atoms with E-state index in [1.54, 1.807) is 20.9 Å². The first-order valence-electron chi connectivity index (χ1n) is 15.8. The van der Waals surface area contributed by atoms with Crippen LogP contribution in [-0.2, 0) is 46.0 Å². The number of pyridine rings is 1. The highest BCUT2D eigenvalue weighted by atomic mass is 35.5. The summed E-state index contributed by atoms with van der Waals surface area (Å²) in [5, 5.41) is 8.43. The number of halogens is 3. The van der Waals surface area contributed by atoms with Crippen molar-refractivity contribution in [3.8, 4) is 11.6 Å². The summed E-state index contributed by atoms with van der Waals surface area (Å²) in [6.45, 7) is 2.62. The van der Waals surface area contributed by atoms with Crippen molar-refractivity contribution in [2.24, 2.45) is 7.05 Å². The van der Waals surface area contributed by atoms with Gasteiger partial charge in [-0.3, -0.25) is 4.79 Å². The van der Waals surface area contributed by atoms with Gasteiger partial charge in [-0.05, 0) is 85.0 Å². The molecule has 0 spiro atoms. The summed E-state index contributed by atoms with van der Waals surface area (Å²) in [4.78, 5) is 17.2. The zero-order valence-electron chi connectivity index (χ0n) is 27.0. The molecular weight excluding hydrogens is 668 g/mol. The lowest BCUT2D eigenvalue weighted by Crippen LogP contribution is -2.36. The van der Waals surface area contributed by atoms with Crippen molar-refractivity contribution < 1.29 is 36.2 Å². The van der Waals surface area contributed by atoms with E-state index in [1.807, 2.05) is 19.1 Å². The fourth-order valence-electron chi connectivity index (χ4n) is 6.74. The van der Waals surface area contributed by atoms with Crippen LogP contribution in [0.2, 0.25) is 5.02 Å². The molecule has 0 amide bonds. The molecule has 0 fully saturated rings. The van der Waals surface area contributed by atoms with E-state index >= 15 is 0 Å². The summed E-state index contributed by atoms with van der Waals surface area (Å²) in [5.74, 6) is -1.23. The van der Waals surface area contributed by atoms with Crippen LogP contribution in [0.1, 0.15) is 72.4 Å². The molecule has 256 valence electrons. The van der Waals surface area contributed by atoms with Crippen molar-refractivity contribution >= 4 is 38.6 Å². The Morgan fingerprint density at radius 1 is 1.19 bits per heavy atom. The maximum atomic E-state index is 14.1. The minimum Gasteiger partial charge on any atom is -0.472 e. The molecule has 0 bridgehead atoms. The maximum Gasteiger partial charge on any atom is 0.387 e. The fraction of sp³-hybridized carbons (Fsp3) is 0.455. The second kappa shape index (κ2) is 13.6. The normalized spacial score (nSPS) is 17.9. The van der Waals surface area contributed by atoms with Crippen LogP contribution in [0.5, 0.6) is 11.6 Å². The quantitative estimate of drug-likeness (QED) is 0.187. The predicted molar refractivity (Wildman–Crippen MR) is 173 cm³/mol. The predicted octanol–water partition coefficient (Wildman–Crippen LogP) is 5.86. The van der Waals surface area contributed by atoms with Crippen LogP contribution < -0.4 is 9.47 Å². The first-order chi connectivity index (χ1) is 22.9. The molecule has 1 aliphatic carbocycles. The van der Waals surface area contributed by atoms with Gasteiger partial charge in [-0.25, -0.2) is 18.1 Å². The Labute approximate surface area is 282 Å². The summed E-state index contributed by atoms with van der Waals surface area (Å²) in [6, 6.07) is 6.81. The molecule has 11 nitrogen and oxygen atoms in total. The van der Waals surface area contributed by atoms with Crippen molar-refractivity contribution in [1.29, 1.82) is 0 Å². The van der Waals surface area contributed by atoms with Gasteiger partial charge in [0.15, 0.2) is 5.75 Å². The van der Waals surface area contributed by atoms with Crippen molar-refractivity contribution in [2.45, 2.75) is 82.9 Å². The molecule has 0 radical (unpaired) electrons. The smallest absolute Gasteiger partial charge is 0.387 e. The van der Waals surface area contributed by atoms with Gasteiger partial charge < -0.3 is 14.2 Å². The molecule has 2 aromatic carbocycles. The lowest BCUT2D eigenvalue weighted by molar-refractivity contribution is -0.143. The third-order valence-electron chi connectivity index (χ3n) is 9.03. The highest BCUT2D eigenvalue weighted by Gasteiger charge is 2.37. The molecule has 4 aromatic rings. The molecule has 1 unspecified atom stereocenters. The van der Waals surface area contributed by atoms with E-state index < -0.39 is 34.6 Å². The van der Waals surface area contributed by atoms with Crippen LogP contribution in [0.3, 0.4) is 0 Å². The van der Waals surface area contributed by atoms with E-state index in [1.165, 1.54) is 27.3 Å². The molecule has 0 saturated carbocycles. The SMILES string of the molecule is CCOC(=O)CC(c1cc2c(c(CN3C[C@@H](CC)Oc4ncc(Cl)cc4S3(=O)=O)c1)CCC2)c1cc(OC(F)F)c2c(nnn2C)c1C. The zero-order chi connectivity index (χ0) is 34.3. The molecule has 2 atom stereocenters. The second-order valence-electron chi connectivity index (χ2n) is 12.0. The molecule has 15 heteroatoms. The monoisotopic (exact) mass is 703 g/mol. The highest BCUT2D eigenvalue weighted by Crippen LogP contribution is 2.41. The molecule has 3 heterocycles. The summed E-state index contributed by atoms with van der Waals surface area (Å²) in [7, 11) is -2.49. The van der Waals surface area contributed by atoms with Crippen molar-refractivity contribution in [2.75, 3.05) is 13.2 Å². The van der Waals surface area contributed by atoms with E-state index in [0.29, 0.717) is 34.1 Å². The number of carbonyl (C=O) groups excluding carboxylic acids is 1. The van der Waals surface area contributed by atoms with Crippen molar-refractivity contribution in [1.82, 2.24) is 24.3 Å². The van der Waals surface area contributed by atoms with Crippen LogP contribution >= 0.6 is 11.6 Å². The number of rotatable bonds is 10. The Bertz CT molecular complexity index is 1990. The number of benzene rings is 2. The first-order valence-corrected chi connectivity index (χ1v) is 17.6. The van der Waals surface area contributed by atoms with E-state index in [4.69, 9.17) is 25.8 Å². The van der Waals surface area contributed by atoms with Gasteiger partial charge in [-0.2, -0.15) is 13.1 Å². The number of aryl methyl sites for hydroxylation is 3. The number of carbonyl (C=O) groups is 1. The minimum absolute atomic E-state index is 0.0129. The largest absolute Gasteiger partial charge is 0.472 e. The standard InChI is InChI=1S/C33H36ClF2N5O6S/c1-5-23-17-41(48(43,44)28-12-22(34)15-37-32(28)46-23)16-21-11-20(10-19-8-7-9-24(19)21)26(14-29(42)45-6-2)25-13-27(47-33(35)36)31-30(18(25)3)38-39-40(31)4/h10-13,15,23,26,33H,5-9,14,16-17H2,1-4H3/t23-,26?/m1/s1. The van der Waals surface area contributed by atoms with E-state index in [2.05, 4.69) is 15.3 Å². The van der Waals surface area contributed by atoms with Crippen LogP contribution in [-0.4, -0.2) is 64.5 Å². The molecule has 6 rings (SSSR count). The molecule has 1 aliphatic heterocycles. The molecular formula is C33H36ClF2N5O6S. The van der Waals surface area contributed by atoms with Gasteiger partial charge in [0.1, 0.15) is 22.0 Å². The van der Waals surface area contributed by atoms with Gasteiger partial charge in [0.25, 0.3) is 0 Å². The highest BCUT2D eigenvalue weighted by molar-refractivity contribution is 7.89. The van der Waals surface area contributed by atoms with Gasteiger partial charge >= 0.3 is 12.6 Å². The van der Waals surface area contributed by atoms with Crippen molar-refractivity contribution in [3.05, 3.63) is 68.9 Å². The number of alkyl halides is 2. The molecule has 0 N–H and O–H groups in total. The number of fused-ring (bicyclic) bond motifs is 3. The van der Waals surface area contributed by atoms with E-state index in [-0.39, 0.29) is 47.7 Å². The maximum absolute atomic E-state index is 14.1. The number of aromatic nitrogens is 4. The Morgan fingerprint density at radius 2 is 1.98 bits per heavy atom. The topological polar surface area (TPSA) is 126 Å². The van der Waals surface area contributed by atoms with Crippen LogP contribution in [0.4, 0.5) is 8.78 Å². The van der Waals surface area contributed by atoms with Gasteiger partial charge in [-0.15, -0.1) is 5.10 Å². The average Bonchev–Trinajstić information content (AvgIpc) is 3.66. The van der Waals surface area contributed by atoms with Crippen molar-refractivity contribution in [3.63, 3.8) is 0 Å². The molecule has 48 heavy (non-hydrogen) atoms. The summed E-state index contributed by atoms with van der Waals surface area (Å²) in [5.41, 5.74) is 5.46. The van der Waals surface area contributed by atoms with Gasteiger partial charge in [0.2, 0.25) is 15.9 Å². The summed E-state index contributed by atoms with van der Waals surface area (Å²) in [6.07, 6.45) is 3.76. The fourth-order valence-corrected chi connectivity index (χ4v) is 8.51. The van der Waals surface area contributed by atoms with Crippen LogP contribution in [0.25, 0.3) is 11.0 Å². The number of esters is 1. The van der Waals surface area contributed by atoms with Gasteiger partial charge in [0.05, 0.1) is 24.6 Å². The lowest BCUT2D eigenvalue weighted by atomic mass is 9.83. The number of hydrogen-bond donors (Lipinski definition) is 0. The Balaban J connectivity index is 1.49. The third kappa shape index (κ3) is 6.45.